The average Bonchev–Trinajstić information content (AvgIpc) is 2.78. The van der Waals surface area contributed by atoms with E-state index in [4.69, 9.17) is 4.74 Å². The van der Waals surface area contributed by atoms with Crippen LogP contribution >= 0.6 is 0 Å². The monoisotopic (exact) mass is 432 g/mol. The Kier molecular flexibility index (Phi) is 6.70. The van der Waals surface area contributed by atoms with Gasteiger partial charge in [0.2, 0.25) is 11.8 Å². The Labute approximate surface area is 174 Å². The number of hydrogen-bond donors (Lipinski definition) is 0. The molecule has 0 saturated heterocycles. The van der Waals surface area contributed by atoms with Gasteiger partial charge >= 0.3 is 6.61 Å². The van der Waals surface area contributed by atoms with E-state index in [9.17, 15) is 18.0 Å². The SMILES string of the molecule is COc1cnc(F)c(/C=N/N(C)C(=O)c2cncc(-c3ccc(OC(F)F)nc3)n2)c1. The number of hydrogen-bond acceptors (Lipinski definition) is 8. The van der Waals surface area contributed by atoms with Gasteiger partial charge in [-0.05, 0) is 12.1 Å². The lowest BCUT2D eigenvalue weighted by Crippen LogP contribution is -2.23. The number of rotatable bonds is 7. The van der Waals surface area contributed by atoms with Gasteiger partial charge in [0.05, 0.1) is 43.2 Å². The highest BCUT2D eigenvalue weighted by Gasteiger charge is 2.15. The van der Waals surface area contributed by atoms with E-state index in [1.54, 1.807) is 0 Å². The fourth-order valence-electron chi connectivity index (χ4n) is 2.31. The first-order chi connectivity index (χ1) is 14.9. The lowest BCUT2D eigenvalue weighted by atomic mass is 10.2. The number of carbonyl (C=O) groups excluding carboxylic acids is 1. The number of nitrogens with zero attached hydrogens (tertiary/aromatic N) is 6. The largest absolute Gasteiger partial charge is 0.495 e. The van der Waals surface area contributed by atoms with Gasteiger partial charge in [-0.1, -0.05) is 0 Å². The molecule has 0 unspecified atom stereocenters. The van der Waals surface area contributed by atoms with Crippen molar-refractivity contribution in [2.45, 2.75) is 6.61 Å². The van der Waals surface area contributed by atoms with Crippen molar-refractivity contribution in [2.24, 2.45) is 5.10 Å². The lowest BCUT2D eigenvalue weighted by molar-refractivity contribution is -0.0528. The molecule has 0 atom stereocenters. The molecular weight excluding hydrogens is 417 g/mol. The predicted molar refractivity (Wildman–Crippen MR) is 102 cm³/mol. The third-order valence-electron chi connectivity index (χ3n) is 3.84. The van der Waals surface area contributed by atoms with Crippen LogP contribution in [0.25, 0.3) is 11.3 Å². The van der Waals surface area contributed by atoms with E-state index < -0.39 is 18.5 Å². The highest BCUT2D eigenvalue weighted by molar-refractivity contribution is 5.93. The van der Waals surface area contributed by atoms with Gasteiger partial charge < -0.3 is 9.47 Å². The number of alkyl halides is 2. The molecule has 0 spiro atoms. The Hall–Kier alpha value is -4.09. The zero-order valence-electron chi connectivity index (χ0n) is 16.2. The molecule has 0 aliphatic rings. The van der Waals surface area contributed by atoms with Crippen LogP contribution in [0.15, 0.2) is 48.1 Å². The van der Waals surface area contributed by atoms with E-state index in [0.717, 1.165) is 11.2 Å². The van der Waals surface area contributed by atoms with Crippen LogP contribution in [0.3, 0.4) is 0 Å². The maximum atomic E-state index is 13.8. The normalized spacial score (nSPS) is 11.0. The molecule has 0 aliphatic carbocycles. The summed E-state index contributed by atoms with van der Waals surface area (Å²) in [6, 6.07) is 4.06. The van der Waals surface area contributed by atoms with Gasteiger partial charge in [0.25, 0.3) is 5.91 Å². The summed E-state index contributed by atoms with van der Waals surface area (Å²) < 4.78 is 47.4. The van der Waals surface area contributed by atoms with Crippen molar-refractivity contribution in [2.75, 3.05) is 14.2 Å². The van der Waals surface area contributed by atoms with Crippen molar-refractivity contribution in [3.05, 3.63) is 60.2 Å². The molecular formula is C19H15F3N6O3. The summed E-state index contributed by atoms with van der Waals surface area (Å²) in [6.07, 6.45) is 6.20. The number of ether oxygens (including phenoxy) is 2. The van der Waals surface area contributed by atoms with E-state index in [1.165, 1.54) is 57.1 Å². The van der Waals surface area contributed by atoms with Crippen LogP contribution in [-0.2, 0) is 0 Å². The molecule has 3 rings (SSSR count). The molecule has 0 bridgehead atoms. The van der Waals surface area contributed by atoms with Crippen LogP contribution in [0.2, 0.25) is 0 Å². The number of pyridine rings is 2. The molecule has 0 aliphatic heterocycles. The fraction of sp³-hybridized carbons (Fsp3) is 0.158. The van der Waals surface area contributed by atoms with E-state index in [-0.39, 0.29) is 22.8 Å². The summed E-state index contributed by atoms with van der Waals surface area (Å²) in [4.78, 5) is 28.0. The van der Waals surface area contributed by atoms with E-state index in [2.05, 4.69) is 29.8 Å². The molecule has 0 radical (unpaired) electrons. The van der Waals surface area contributed by atoms with E-state index in [0.29, 0.717) is 11.3 Å². The van der Waals surface area contributed by atoms with Crippen LogP contribution in [0.5, 0.6) is 11.6 Å². The summed E-state index contributed by atoms with van der Waals surface area (Å²) >= 11 is 0. The summed E-state index contributed by atoms with van der Waals surface area (Å²) in [7, 11) is 2.77. The lowest BCUT2D eigenvalue weighted by Gasteiger charge is -2.11. The van der Waals surface area contributed by atoms with Crippen LogP contribution in [0, 0.1) is 5.95 Å². The summed E-state index contributed by atoms with van der Waals surface area (Å²) in [5.74, 6) is -1.33. The van der Waals surface area contributed by atoms with E-state index >= 15 is 0 Å². The predicted octanol–water partition coefficient (Wildman–Crippen LogP) is 2.79. The molecule has 1 amide bonds. The molecule has 12 heteroatoms. The highest BCUT2D eigenvalue weighted by atomic mass is 19.3. The molecule has 3 heterocycles. The van der Waals surface area contributed by atoms with Crippen molar-refractivity contribution < 1.29 is 27.4 Å². The minimum absolute atomic E-state index is 0.0241. The minimum atomic E-state index is -2.99. The second-order valence-corrected chi connectivity index (χ2v) is 5.88. The third kappa shape index (κ3) is 5.50. The molecule has 31 heavy (non-hydrogen) atoms. The van der Waals surface area contributed by atoms with Gasteiger partial charge in [0.15, 0.2) is 0 Å². The smallest absolute Gasteiger partial charge is 0.388 e. The van der Waals surface area contributed by atoms with Crippen molar-refractivity contribution >= 4 is 12.1 Å². The Balaban J connectivity index is 1.76. The molecule has 9 nitrogen and oxygen atoms in total. The van der Waals surface area contributed by atoms with Gasteiger partial charge in [-0.2, -0.15) is 18.3 Å². The van der Waals surface area contributed by atoms with Gasteiger partial charge in [-0.25, -0.2) is 20.0 Å². The van der Waals surface area contributed by atoms with E-state index in [1.807, 2.05) is 0 Å². The fourth-order valence-corrected chi connectivity index (χ4v) is 2.31. The number of aromatic nitrogens is 4. The van der Waals surface area contributed by atoms with Crippen molar-refractivity contribution in [1.82, 2.24) is 24.9 Å². The zero-order valence-corrected chi connectivity index (χ0v) is 16.2. The van der Waals surface area contributed by atoms with Gasteiger partial charge in [-0.3, -0.25) is 9.78 Å². The van der Waals surface area contributed by atoms with Crippen LogP contribution in [0.4, 0.5) is 13.2 Å². The molecule has 160 valence electrons. The van der Waals surface area contributed by atoms with Crippen molar-refractivity contribution in [3.8, 4) is 22.9 Å². The van der Waals surface area contributed by atoms with Gasteiger partial charge in [0, 0.05) is 24.9 Å². The van der Waals surface area contributed by atoms with Crippen LogP contribution in [-0.4, -0.2) is 57.8 Å². The Morgan fingerprint density at radius 3 is 2.68 bits per heavy atom. The first-order valence-electron chi connectivity index (χ1n) is 8.62. The third-order valence-corrected chi connectivity index (χ3v) is 3.84. The molecule has 0 N–H and O–H groups in total. The molecule has 0 aromatic carbocycles. The van der Waals surface area contributed by atoms with Crippen LogP contribution in [0.1, 0.15) is 16.1 Å². The quantitative estimate of drug-likeness (QED) is 0.321. The van der Waals surface area contributed by atoms with Crippen molar-refractivity contribution in [1.29, 1.82) is 0 Å². The standard InChI is InChI=1S/C19H15F3N6O3/c1-28(26-7-12-5-13(30-2)8-25-17(12)20)18(29)15-10-23-9-14(27-15)11-3-4-16(24-6-11)31-19(21)22/h3-10,19H,1-2H3/b26-7+. The first-order valence-corrected chi connectivity index (χ1v) is 8.62. The Morgan fingerprint density at radius 2 is 2.00 bits per heavy atom. The highest BCUT2D eigenvalue weighted by Crippen LogP contribution is 2.19. The number of methoxy groups -OCH3 is 1. The topological polar surface area (TPSA) is 103 Å². The molecule has 0 fully saturated rings. The number of carbonyl (C=O) groups is 1. The van der Waals surface area contributed by atoms with Crippen LogP contribution < -0.4 is 9.47 Å². The minimum Gasteiger partial charge on any atom is -0.495 e. The van der Waals surface area contributed by atoms with Gasteiger partial charge in [0.1, 0.15) is 11.4 Å². The second kappa shape index (κ2) is 9.61. The van der Waals surface area contributed by atoms with Crippen molar-refractivity contribution in [3.63, 3.8) is 0 Å². The first kappa shape index (κ1) is 21.6. The molecule has 0 saturated carbocycles. The summed E-state index contributed by atoms with van der Waals surface area (Å²) in [5, 5.41) is 4.85. The Morgan fingerprint density at radius 1 is 1.19 bits per heavy atom. The zero-order chi connectivity index (χ0) is 22.4. The maximum Gasteiger partial charge on any atom is 0.388 e. The second-order valence-electron chi connectivity index (χ2n) is 5.88. The molecule has 3 aromatic rings. The number of hydrazone groups is 1. The maximum absolute atomic E-state index is 13.8. The number of amides is 1. The number of halogens is 3. The summed E-state index contributed by atoms with van der Waals surface area (Å²) in [5.41, 5.74) is 0.687. The summed E-state index contributed by atoms with van der Waals surface area (Å²) in [6.45, 7) is -2.99. The van der Waals surface area contributed by atoms with Gasteiger partial charge in [-0.15, -0.1) is 0 Å². The molecule has 3 aromatic heterocycles. The Bertz CT molecular complexity index is 1100. The average molecular weight is 432 g/mol.